The van der Waals surface area contributed by atoms with E-state index in [1.807, 2.05) is 6.07 Å². The summed E-state index contributed by atoms with van der Waals surface area (Å²) >= 11 is 0. The van der Waals surface area contributed by atoms with Gasteiger partial charge in [0.25, 0.3) is 0 Å². The molecular weight excluding hydrogens is 176 g/mol. The third kappa shape index (κ3) is 2.59. The van der Waals surface area contributed by atoms with Crippen LogP contribution in [0.5, 0.6) is 5.75 Å². The molecule has 2 heteroatoms. The second kappa shape index (κ2) is 5.43. The SMILES string of the molecule is CCc1ccc(OC)c(CCC=O)c1. The van der Waals surface area contributed by atoms with Gasteiger partial charge in [-0.3, -0.25) is 0 Å². The van der Waals surface area contributed by atoms with E-state index < -0.39 is 0 Å². The number of rotatable bonds is 5. The molecule has 76 valence electrons. The molecule has 0 spiro atoms. The molecule has 0 unspecified atom stereocenters. The third-order valence-electron chi connectivity index (χ3n) is 2.28. The summed E-state index contributed by atoms with van der Waals surface area (Å²) in [6, 6.07) is 6.14. The zero-order chi connectivity index (χ0) is 10.4. The van der Waals surface area contributed by atoms with Crippen LogP contribution >= 0.6 is 0 Å². The van der Waals surface area contributed by atoms with Gasteiger partial charge in [-0.2, -0.15) is 0 Å². The highest BCUT2D eigenvalue weighted by Crippen LogP contribution is 2.21. The van der Waals surface area contributed by atoms with Crippen molar-refractivity contribution >= 4 is 6.29 Å². The highest BCUT2D eigenvalue weighted by Gasteiger charge is 2.03. The Labute approximate surface area is 84.9 Å². The summed E-state index contributed by atoms with van der Waals surface area (Å²) in [4.78, 5) is 10.3. The van der Waals surface area contributed by atoms with Gasteiger partial charge in [0, 0.05) is 6.42 Å². The summed E-state index contributed by atoms with van der Waals surface area (Å²) in [7, 11) is 1.66. The first-order valence-electron chi connectivity index (χ1n) is 4.91. The van der Waals surface area contributed by atoms with Crippen molar-refractivity contribution < 1.29 is 9.53 Å². The number of aldehydes is 1. The van der Waals surface area contributed by atoms with Gasteiger partial charge < -0.3 is 9.53 Å². The highest BCUT2D eigenvalue weighted by molar-refractivity contribution is 5.51. The molecule has 0 aromatic heterocycles. The monoisotopic (exact) mass is 192 g/mol. The van der Waals surface area contributed by atoms with E-state index in [4.69, 9.17) is 4.74 Å². The molecule has 0 radical (unpaired) electrons. The molecule has 0 aliphatic carbocycles. The molecule has 0 saturated carbocycles. The summed E-state index contributed by atoms with van der Waals surface area (Å²) in [6.07, 6.45) is 3.28. The van der Waals surface area contributed by atoms with E-state index in [-0.39, 0.29) is 0 Å². The van der Waals surface area contributed by atoms with E-state index >= 15 is 0 Å². The van der Waals surface area contributed by atoms with Gasteiger partial charge >= 0.3 is 0 Å². The highest BCUT2D eigenvalue weighted by atomic mass is 16.5. The second-order valence-corrected chi connectivity index (χ2v) is 3.21. The molecule has 1 aromatic carbocycles. The molecular formula is C12H16O2. The molecule has 0 fully saturated rings. The summed E-state index contributed by atoms with van der Waals surface area (Å²) in [6.45, 7) is 2.12. The maximum absolute atomic E-state index is 10.3. The van der Waals surface area contributed by atoms with Gasteiger partial charge in [0.2, 0.25) is 0 Å². The van der Waals surface area contributed by atoms with Crippen molar-refractivity contribution in [2.75, 3.05) is 7.11 Å². The van der Waals surface area contributed by atoms with Gasteiger partial charge in [0.05, 0.1) is 7.11 Å². The van der Waals surface area contributed by atoms with Crippen LogP contribution in [-0.2, 0) is 17.6 Å². The van der Waals surface area contributed by atoms with Crippen molar-refractivity contribution in [2.24, 2.45) is 0 Å². The lowest BCUT2D eigenvalue weighted by Crippen LogP contribution is -1.94. The lowest BCUT2D eigenvalue weighted by molar-refractivity contribution is -0.107. The van der Waals surface area contributed by atoms with Crippen LogP contribution in [0.4, 0.5) is 0 Å². The van der Waals surface area contributed by atoms with Crippen LogP contribution in [-0.4, -0.2) is 13.4 Å². The smallest absolute Gasteiger partial charge is 0.122 e. The Morgan fingerprint density at radius 1 is 1.43 bits per heavy atom. The summed E-state index contributed by atoms with van der Waals surface area (Å²) in [5.41, 5.74) is 2.41. The first-order chi connectivity index (χ1) is 6.81. The normalized spacial score (nSPS) is 9.86. The Kier molecular flexibility index (Phi) is 4.17. The Morgan fingerprint density at radius 2 is 2.21 bits per heavy atom. The molecule has 0 aliphatic heterocycles. The third-order valence-corrected chi connectivity index (χ3v) is 2.28. The predicted octanol–water partition coefficient (Wildman–Crippen LogP) is 2.39. The minimum atomic E-state index is 0.559. The summed E-state index contributed by atoms with van der Waals surface area (Å²) in [5.74, 6) is 0.879. The minimum absolute atomic E-state index is 0.559. The van der Waals surface area contributed by atoms with Crippen LogP contribution in [0.15, 0.2) is 18.2 Å². The number of hydrogen-bond donors (Lipinski definition) is 0. The Bertz CT molecular complexity index is 305. The van der Waals surface area contributed by atoms with Crippen molar-refractivity contribution in [2.45, 2.75) is 26.2 Å². The fourth-order valence-corrected chi connectivity index (χ4v) is 1.46. The standard InChI is InChI=1S/C12H16O2/c1-3-10-6-7-12(14-2)11(9-10)5-4-8-13/h6-9H,3-5H2,1-2H3. The van der Waals surface area contributed by atoms with Crippen LogP contribution in [0.1, 0.15) is 24.5 Å². The fourth-order valence-electron chi connectivity index (χ4n) is 1.46. The Morgan fingerprint density at radius 3 is 2.79 bits per heavy atom. The van der Waals surface area contributed by atoms with E-state index in [0.717, 1.165) is 30.4 Å². The van der Waals surface area contributed by atoms with Crippen LogP contribution in [0.2, 0.25) is 0 Å². The number of aryl methyl sites for hydroxylation is 2. The number of carbonyl (C=O) groups excluding carboxylic acids is 1. The molecule has 0 aliphatic rings. The first-order valence-corrected chi connectivity index (χ1v) is 4.91. The van der Waals surface area contributed by atoms with E-state index in [9.17, 15) is 4.79 Å². The molecule has 1 rings (SSSR count). The van der Waals surface area contributed by atoms with Crippen molar-refractivity contribution in [1.82, 2.24) is 0 Å². The summed E-state index contributed by atoms with van der Waals surface area (Å²) in [5, 5.41) is 0. The number of hydrogen-bond acceptors (Lipinski definition) is 2. The van der Waals surface area contributed by atoms with Crippen LogP contribution in [0, 0.1) is 0 Å². The van der Waals surface area contributed by atoms with Crippen LogP contribution in [0.25, 0.3) is 0 Å². The van der Waals surface area contributed by atoms with Gasteiger partial charge in [0.15, 0.2) is 0 Å². The van der Waals surface area contributed by atoms with Gasteiger partial charge in [-0.25, -0.2) is 0 Å². The average Bonchev–Trinajstić information content (AvgIpc) is 2.25. The van der Waals surface area contributed by atoms with Gasteiger partial charge in [0.1, 0.15) is 12.0 Å². The van der Waals surface area contributed by atoms with E-state index in [2.05, 4.69) is 19.1 Å². The van der Waals surface area contributed by atoms with E-state index in [1.165, 1.54) is 5.56 Å². The maximum atomic E-state index is 10.3. The molecule has 0 atom stereocenters. The van der Waals surface area contributed by atoms with Crippen molar-refractivity contribution in [1.29, 1.82) is 0 Å². The van der Waals surface area contributed by atoms with Gasteiger partial charge in [-0.15, -0.1) is 0 Å². The molecule has 1 aromatic rings. The van der Waals surface area contributed by atoms with E-state index in [0.29, 0.717) is 6.42 Å². The largest absolute Gasteiger partial charge is 0.496 e. The van der Waals surface area contributed by atoms with Gasteiger partial charge in [-0.1, -0.05) is 19.1 Å². The number of methoxy groups -OCH3 is 1. The molecule has 0 saturated heterocycles. The van der Waals surface area contributed by atoms with Crippen molar-refractivity contribution in [3.63, 3.8) is 0 Å². The molecule has 14 heavy (non-hydrogen) atoms. The summed E-state index contributed by atoms with van der Waals surface area (Å²) < 4.78 is 5.23. The van der Waals surface area contributed by atoms with Gasteiger partial charge in [-0.05, 0) is 30.0 Å². The topological polar surface area (TPSA) is 26.3 Å². The molecule has 0 N–H and O–H groups in total. The van der Waals surface area contributed by atoms with E-state index in [1.54, 1.807) is 7.11 Å². The zero-order valence-electron chi connectivity index (χ0n) is 8.75. The predicted molar refractivity (Wildman–Crippen MR) is 56.8 cm³/mol. The molecule has 0 bridgehead atoms. The molecule has 2 nitrogen and oxygen atoms in total. The van der Waals surface area contributed by atoms with Crippen LogP contribution < -0.4 is 4.74 Å². The number of benzene rings is 1. The molecule has 0 heterocycles. The number of ether oxygens (including phenoxy) is 1. The average molecular weight is 192 g/mol. The quantitative estimate of drug-likeness (QED) is 0.669. The zero-order valence-corrected chi connectivity index (χ0v) is 8.75. The van der Waals surface area contributed by atoms with Crippen LogP contribution in [0.3, 0.4) is 0 Å². The van der Waals surface area contributed by atoms with Crippen molar-refractivity contribution in [3.05, 3.63) is 29.3 Å². The first kappa shape index (κ1) is 10.8. The Hall–Kier alpha value is -1.31. The van der Waals surface area contributed by atoms with Crippen molar-refractivity contribution in [3.8, 4) is 5.75 Å². The second-order valence-electron chi connectivity index (χ2n) is 3.21. The lowest BCUT2D eigenvalue weighted by atomic mass is 10.0. The number of carbonyl (C=O) groups is 1. The molecule has 0 amide bonds. The maximum Gasteiger partial charge on any atom is 0.122 e. The minimum Gasteiger partial charge on any atom is -0.496 e. The lowest BCUT2D eigenvalue weighted by Gasteiger charge is -2.08. The Balaban J connectivity index is 2.89. The fraction of sp³-hybridized carbons (Fsp3) is 0.417.